The van der Waals surface area contributed by atoms with Gasteiger partial charge < -0.3 is 21.1 Å². The summed E-state index contributed by atoms with van der Waals surface area (Å²) in [4.78, 5) is 25.8. The second-order valence-electron chi connectivity index (χ2n) is 5.98. The van der Waals surface area contributed by atoms with E-state index < -0.39 is 0 Å². The number of methoxy groups -OCH3 is 1. The monoisotopic (exact) mass is 354 g/mol. The predicted molar refractivity (Wildman–Crippen MR) is 94.0 cm³/mol. The number of carbonyl (C=O) groups excluding carboxylic acids is 2. The van der Waals surface area contributed by atoms with E-state index in [2.05, 4.69) is 10.6 Å². The molecule has 24 heavy (non-hydrogen) atoms. The molecule has 1 heterocycles. The first-order valence-corrected chi connectivity index (χ1v) is 7.87. The molecule has 132 valence electrons. The van der Waals surface area contributed by atoms with Gasteiger partial charge in [-0.15, -0.1) is 12.4 Å². The average molecular weight is 355 g/mol. The van der Waals surface area contributed by atoms with Gasteiger partial charge in [-0.1, -0.05) is 0 Å². The molecular weight excluding hydrogens is 332 g/mol. The molecule has 1 saturated heterocycles. The lowest BCUT2D eigenvalue weighted by molar-refractivity contribution is 0.0950. The molecule has 1 saturated carbocycles. The summed E-state index contributed by atoms with van der Waals surface area (Å²) in [6.45, 7) is 1.59. The van der Waals surface area contributed by atoms with E-state index >= 15 is 0 Å². The van der Waals surface area contributed by atoms with Gasteiger partial charge in [0.1, 0.15) is 5.75 Å². The first-order valence-electron chi connectivity index (χ1n) is 7.87. The molecule has 1 aliphatic carbocycles. The number of urea groups is 1. The van der Waals surface area contributed by atoms with Crippen molar-refractivity contribution in [1.29, 1.82) is 0 Å². The van der Waals surface area contributed by atoms with Gasteiger partial charge in [0.25, 0.3) is 5.91 Å². The Morgan fingerprint density at radius 3 is 2.83 bits per heavy atom. The normalized spacial score (nSPS) is 17.8. The Bertz CT molecular complexity index is 621. The molecule has 2 aliphatic rings. The van der Waals surface area contributed by atoms with Crippen molar-refractivity contribution in [3.8, 4) is 5.75 Å². The molecule has 2 fully saturated rings. The lowest BCUT2D eigenvalue weighted by Gasteiger charge is -2.19. The molecule has 4 N–H and O–H groups in total. The lowest BCUT2D eigenvalue weighted by atomic mass is 10.1. The van der Waals surface area contributed by atoms with Crippen LogP contribution in [0.25, 0.3) is 0 Å². The summed E-state index contributed by atoms with van der Waals surface area (Å²) >= 11 is 0. The van der Waals surface area contributed by atoms with Gasteiger partial charge in [-0.25, -0.2) is 4.79 Å². The maximum absolute atomic E-state index is 12.3. The SMILES string of the molecule is COc1ccc(C(=O)NCC(N)C2CC2)cc1N1CCNC1=O.Cl. The largest absolute Gasteiger partial charge is 0.495 e. The van der Waals surface area contributed by atoms with Crippen molar-refractivity contribution >= 4 is 30.0 Å². The van der Waals surface area contributed by atoms with Gasteiger partial charge in [-0.3, -0.25) is 9.69 Å². The van der Waals surface area contributed by atoms with Crippen LogP contribution in [-0.2, 0) is 0 Å². The molecule has 1 atom stereocenters. The van der Waals surface area contributed by atoms with Gasteiger partial charge in [0, 0.05) is 31.2 Å². The average Bonchev–Trinajstić information content (AvgIpc) is 3.33. The Morgan fingerprint density at radius 1 is 1.50 bits per heavy atom. The molecule has 1 aliphatic heterocycles. The second kappa shape index (κ2) is 7.72. The Morgan fingerprint density at radius 2 is 2.25 bits per heavy atom. The zero-order valence-electron chi connectivity index (χ0n) is 13.6. The highest BCUT2D eigenvalue weighted by atomic mass is 35.5. The number of hydrogen-bond donors (Lipinski definition) is 3. The van der Waals surface area contributed by atoms with Crippen LogP contribution in [0.3, 0.4) is 0 Å². The van der Waals surface area contributed by atoms with Crippen LogP contribution in [0.2, 0.25) is 0 Å². The van der Waals surface area contributed by atoms with Gasteiger partial charge in [0.2, 0.25) is 0 Å². The number of rotatable bonds is 6. The summed E-state index contributed by atoms with van der Waals surface area (Å²) in [6, 6.07) is 4.91. The molecule has 7 nitrogen and oxygen atoms in total. The number of nitrogens with zero attached hydrogens (tertiary/aromatic N) is 1. The Labute approximate surface area is 147 Å². The highest BCUT2D eigenvalue weighted by molar-refractivity contribution is 5.99. The number of nitrogens with one attached hydrogen (secondary N) is 2. The second-order valence-corrected chi connectivity index (χ2v) is 5.98. The van der Waals surface area contributed by atoms with Crippen molar-refractivity contribution in [2.24, 2.45) is 11.7 Å². The number of benzene rings is 1. The number of hydrogen-bond acceptors (Lipinski definition) is 4. The highest BCUT2D eigenvalue weighted by Gasteiger charge is 2.29. The molecule has 3 rings (SSSR count). The molecule has 1 aromatic carbocycles. The summed E-state index contributed by atoms with van der Waals surface area (Å²) in [5.41, 5.74) is 7.09. The van der Waals surface area contributed by atoms with Crippen LogP contribution in [0.15, 0.2) is 18.2 Å². The van der Waals surface area contributed by atoms with Gasteiger partial charge in [0.15, 0.2) is 0 Å². The van der Waals surface area contributed by atoms with Crippen LogP contribution < -0.4 is 26.0 Å². The van der Waals surface area contributed by atoms with Gasteiger partial charge in [-0.05, 0) is 37.0 Å². The maximum atomic E-state index is 12.3. The summed E-state index contributed by atoms with van der Waals surface area (Å²) in [7, 11) is 1.54. The van der Waals surface area contributed by atoms with E-state index in [4.69, 9.17) is 10.5 Å². The van der Waals surface area contributed by atoms with Crippen molar-refractivity contribution in [1.82, 2.24) is 10.6 Å². The minimum Gasteiger partial charge on any atom is -0.495 e. The van der Waals surface area contributed by atoms with Crippen LogP contribution in [0, 0.1) is 5.92 Å². The summed E-state index contributed by atoms with van der Waals surface area (Å²) in [6.07, 6.45) is 2.29. The third-order valence-corrected chi connectivity index (χ3v) is 4.31. The van der Waals surface area contributed by atoms with Gasteiger partial charge >= 0.3 is 6.03 Å². The van der Waals surface area contributed by atoms with Crippen molar-refractivity contribution < 1.29 is 14.3 Å². The third kappa shape index (κ3) is 3.91. The Kier molecular flexibility index (Phi) is 5.90. The molecule has 3 amide bonds. The lowest BCUT2D eigenvalue weighted by Crippen LogP contribution is -2.38. The standard InChI is InChI=1S/C16H22N4O3.ClH/c1-23-14-5-4-11(8-13(14)20-7-6-18-16(20)22)15(21)19-9-12(17)10-2-3-10;/h4-5,8,10,12H,2-3,6-7,9,17H2,1H3,(H,18,22)(H,19,21);1H. The van der Waals surface area contributed by atoms with E-state index in [1.54, 1.807) is 30.2 Å². The fourth-order valence-electron chi connectivity index (χ4n) is 2.75. The molecule has 0 spiro atoms. The highest BCUT2D eigenvalue weighted by Crippen LogP contribution is 2.32. The molecule has 1 aromatic rings. The summed E-state index contributed by atoms with van der Waals surface area (Å²) in [5, 5.41) is 5.60. The Hall–Kier alpha value is -1.99. The minimum absolute atomic E-state index is 0. The van der Waals surface area contributed by atoms with E-state index in [9.17, 15) is 9.59 Å². The fourth-order valence-corrected chi connectivity index (χ4v) is 2.75. The van der Waals surface area contributed by atoms with Crippen LogP contribution in [0.1, 0.15) is 23.2 Å². The van der Waals surface area contributed by atoms with Gasteiger partial charge in [0.05, 0.1) is 12.8 Å². The number of carbonyl (C=O) groups is 2. The Balaban J connectivity index is 0.00000208. The zero-order chi connectivity index (χ0) is 16.4. The number of amides is 3. The quantitative estimate of drug-likeness (QED) is 0.713. The number of nitrogens with two attached hydrogens (primary N) is 1. The van der Waals surface area contributed by atoms with Crippen LogP contribution in [0.4, 0.5) is 10.5 Å². The zero-order valence-corrected chi connectivity index (χ0v) is 14.4. The predicted octanol–water partition coefficient (Wildman–Crippen LogP) is 1.11. The van der Waals surface area contributed by atoms with E-state index in [0.717, 1.165) is 12.8 Å². The molecule has 8 heteroatoms. The fraction of sp³-hybridized carbons (Fsp3) is 0.500. The first kappa shape index (κ1) is 18.4. The third-order valence-electron chi connectivity index (χ3n) is 4.31. The van der Waals surface area contributed by atoms with E-state index in [1.807, 2.05) is 0 Å². The molecular formula is C16H23ClN4O3. The van der Waals surface area contributed by atoms with Crippen molar-refractivity contribution in [2.75, 3.05) is 31.6 Å². The van der Waals surface area contributed by atoms with E-state index in [0.29, 0.717) is 42.6 Å². The van der Waals surface area contributed by atoms with Crippen LogP contribution in [-0.4, -0.2) is 44.7 Å². The molecule has 1 unspecified atom stereocenters. The van der Waals surface area contributed by atoms with E-state index in [1.165, 1.54) is 0 Å². The summed E-state index contributed by atoms with van der Waals surface area (Å²) in [5.74, 6) is 0.910. The molecule has 0 radical (unpaired) electrons. The van der Waals surface area contributed by atoms with E-state index in [-0.39, 0.29) is 30.4 Å². The van der Waals surface area contributed by atoms with Crippen molar-refractivity contribution in [3.05, 3.63) is 23.8 Å². The topological polar surface area (TPSA) is 96.7 Å². The van der Waals surface area contributed by atoms with Crippen LogP contribution in [0.5, 0.6) is 5.75 Å². The number of anilines is 1. The molecule has 0 aromatic heterocycles. The van der Waals surface area contributed by atoms with Crippen molar-refractivity contribution in [3.63, 3.8) is 0 Å². The van der Waals surface area contributed by atoms with Gasteiger partial charge in [-0.2, -0.15) is 0 Å². The van der Waals surface area contributed by atoms with Crippen LogP contribution >= 0.6 is 12.4 Å². The maximum Gasteiger partial charge on any atom is 0.322 e. The summed E-state index contributed by atoms with van der Waals surface area (Å²) < 4.78 is 5.31. The smallest absolute Gasteiger partial charge is 0.322 e. The van der Waals surface area contributed by atoms with Crippen molar-refractivity contribution in [2.45, 2.75) is 18.9 Å². The number of ether oxygens (including phenoxy) is 1. The first-order chi connectivity index (χ1) is 11.1. The molecule has 0 bridgehead atoms. The minimum atomic E-state index is -0.190. The number of halogens is 1.